The molecule has 0 radical (unpaired) electrons. The minimum absolute atomic E-state index is 0.0533. The summed E-state index contributed by atoms with van der Waals surface area (Å²) in [5, 5.41) is 0.647. The normalized spacial score (nSPS) is 10.5. The summed E-state index contributed by atoms with van der Waals surface area (Å²) in [6, 6.07) is 4.08. The second kappa shape index (κ2) is 5.69. The minimum Gasteiger partial charge on any atom is -0.461 e. The van der Waals surface area contributed by atoms with Crippen molar-refractivity contribution < 1.29 is 13.9 Å². The first-order valence-corrected chi connectivity index (χ1v) is 6.23. The van der Waals surface area contributed by atoms with Gasteiger partial charge in [0.1, 0.15) is 11.5 Å². The molecule has 2 aromatic rings. The zero-order valence-corrected chi connectivity index (χ0v) is 11.0. The number of carbonyl (C=O) groups is 1. The van der Waals surface area contributed by atoms with Gasteiger partial charge >= 0.3 is 5.97 Å². The van der Waals surface area contributed by atoms with E-state index in [1.165, 1.54) is 18.2 Å². The van der Waals surface area contributed by atoms with Crippen LogP contribution in [0.5, 0.6) is 0 Å². The van der Waals surface area contributed by atoms with Crippen LogP contribution in [0.25, 0.3) is 16.8 Å². The summed E-state index contributed by atoms with van der Waals surface area (Å²) in [4.78, 5) is 26.0. The summed E-state index contributed by atoms with van der Waals surface area (Å²) in [7, 11) is 0. The van der Waals surface area contributed by atoms with Gasteiger partial charge in [-0.3, -0.25) is 4.79 Å². The molecule has 0 aliphatic heterocycles. The number of ether oxygens (including phenoxy) is 1. The Morgan fingerprint density at radius 3 is 2.85 bits per heavy atom. The van der Waals surface area contributed by atoms with E-state index in [2.05, 4.69) is 11.6 Å². The Balaban J connectivity index is 2.56. The molecular weight excluding hydrogens is 261 g/mol. The molecule has 1 N–H and O–H groups in total. The first kappa shape index (κ1) is 14.0. The zero-order chi connectivity index (χ0) is 14.7. The predicted octanol–water partition coefficient (Wildman–Crippen LogP) is 2.88. The van der Waals surface area contributed by atoms with Crippen molar-refractivity contribution in [2.45, 2.75) is 13.3 Å². The third-order valence-electron chi connectivity index (χ3n) is 2.84. The number of aromatic nitrogens is 1. The number of H-pyrrole nitrogens is 1. The van der Waals surface area contributed by atoms with Gasteiger partial charge in [-0.2, -0.15) is 0 Å². The molecule has 4 nitrogen and oxygen atoms in total. The van der Waals surface area contributed by atoms with Gasteiger partial charge in [0, 0.05) is 10.9 Å². The van der Waals surface area contributed by atoms with E-state index in [-0.39, 0.29) is 23.3 Å². The van der Waals surface area contributed by atoms with E-state index in [9.17, 15) is 14.0 Å². The van der Waals surface area contributed by atoms with Gasteiger partial charge in [-0.15, -0.1) is 0 Å². The summed E-state index contributed by atoms with van der Waals surface area (Å²) >= 11 is 0. The quantitative estimate of drug-likeness (QED) is 0.873. The standard InChI is InChI=1S/C15H14FNO3/c1-3-5-20-15(19)13-7-10-6-9(4-2)12(16)8-11(10)14(18)17-13/h4,6-8H,2-3,5H2,1H3,(H,17,18). The highest BCUT2D eigenvalue weighted by Gasteiger charge is 2.12. The van der Waals surface area contributed by atoms with E-state index in [1.807, 2.05) is 6.92 Å². The smallest absolute Gasteiger partial charge is 0.354 e. The lowest BCUT2D eigenvalue weighted by atomic mass is 10.1. The van der Waals surface area contributed by atoms with Gasteiger partial charge in [0.2, 0.25) is 0 Å². The van der Waals surface area contributed by atoms with Gasteiger partial charge in [-0.1, -0.05) is 19.6 Å². The SMILES string of the molecule is C=Cc1cc2cc(C(=O)OCCC)[nH]c(=O)c2cc1F. The number of fused-ring (bicyclic) bond motifs is 1. The van der Waals surface area contributed by atoms with Crippen molar-refractivity contribution in [2.75, 3.05) is 6.61 Å². The van der Waals surface area contributed by atoms with Gasteiger partial charge in [0.25, 0.3) is 5.56 Å². The molecule has 20 heavy (non-hydrogen) atoms. The lowest BCUT2D eigenvalue weighted by molar-refractivity contribution is 0.0498. The average molecular weight is 275 g/mol. The molecule has 0 fully saturated rings. The number of rotatable bonds is 4. The van der Waals surface area contributed by atoms with E-state index in [4.69, 9.17) is 4.74 Å². The largest absolute Gasteiger partial charge is 0.461 e. The van der Waals surface area contributed by atoms with Crippen molar-refractivity contribution >= 4 is 22.8 Å². The maximum atomic E-state index is 13.6. The molecule has 0 aliphatic carbocycles. The summed E-state index contributed by atoms with van der Waals surface area (Å²) < 4.78 is 18.6. The van der Waals surface area contributed by atoms with E-state index >= 15 is 0 Å². The maximum absolute atomic E-state index is 13.6. The monoisotopic (exact) mass is 275 g/mol. The average Bonchev–Trinajstić information content (AvgIpc) is 2.44. The van der Waals surface area contributed by atoms with Crippen LogP contribution in [0.3, 0.4) is 0 Å². The number of aromatic amines is 1. The molecule has 5 heteroatoms. The van der Waals surface area contributed by atoms with E-state index in [1.54, 1.807) is 0 Å². The highest BCUT2D eigenvalue weighted by atomic mass is 19.1. The summed E-state index contributed by atoms with van der Waals surface area (Å²) in [6.45, 7) is 5.65. The molecule has 0 bridgehead atoms. The van der Waals surface area contributed by atoms with Crippen molar-refractivity contribution in [2.24, 2.45) is 0 Å². The second-order valence-corrected chi connectivity index (χ2v) is 4.31. The molecule has 2 rings (SSSR count). The number of halogens is 1. The molecule has 0 saturated carbocycles. The molecule has 0 aliphatic rings. The highest BCUT2D eigenvalue weighted by Crippen LogP contribution is 2.18. The minimum atomic E-state index is -0.602. The Bertz CT molecular complexity index is 734. The molecule has 1 aromatic carbocycles. The fourth-order valence-electron chi connectivity index (χ4n) is 1.84. The third kappa shape index (κ3) is 2.61. The molecule has 0 saturated heterocycles. The number of pyridine rings is 1. The van der Waals surface area contributed by atoms with Crippen molar-refractivity contribution in [3.8, 4) is 0 Å². The van der Waals surface area contributed by atoms with Gasteiger partial charge < -0.3 is 9.72 Å². The third-order valence-corrected chi connectivity index (χ3v) is 2.84. The molecule has 104 valence electrons. The van der Waals surface area contributed by atoms with Crippen LogP contribution >= 0.6 is 0 Å². The van der Waals surface area contributed by atoms with Crippen LogP contribution < -0.4 is 5.56 Å². The number of nitrogens with one attached hydrogen (secondary N) is 1. The number of esters is 1. The lowest BCUT2D eigenvalue weighted by Gasteiger charge is -2.06. The second-order valence-electron chi connectivity index (χ2n) is 4.31. The summed E-state index contributed by atoms with van der Waals surface area (Å²) in [5.41, 5.74) is -0.200. The van der Waals surface area contributed by atoms with Crippen LogP contribution in [0.2, 0.25) is 0 Å². The molecule has 0 unspecified atom stereocenters. The number of carbonyl (C=O) groups excluding carboxylic acids is 1. The summed E-state index contributed by atoms with van der Waals surface area (Å²) in [6.07, 6.45) is 2.04. The zero-order valence-electron chi connectivity index (χ0n) is 11.0. The van der Waals surface area contributed by atoms with Crippen molar-refractivity contribution in [1.29, 1.82) is 0 Å². The van der Waals surface area contributed by atoms with E-state index in [0.717, 1.165) is 6.07 Å². The Labute approximate surface area is 114 Å². The topological polar surface area (TPSA) is 59.2 Å². The van der Waals surface area contributed by atoms with Gasteiger partial charge in [0.15, 0.2) is 0 Å². The molecular formula is C15H14FNO3. The number of hydrogen-bond donors (Lipinski definition) is 1. The Morgan fingerprint density at radius 2 is 2.20 bits per heavy atom. The fraction of sp³-hybridized carbons (Fsp3) is 0.200. The van der Waals surface area contributed by atoms with Crippen LogP contribution in [-0.2, 0) is 4.74 Å². The van der Waals surface area contributed by atoms with Crippen LogP contribution in [0, 0.1) is 5.82 Å². The van der Waals surface area contributed by atoms with Crippen molar-refractivity contribution in [3.63, 3.8) is 0 Å². The van der Waals surface area contributed by atoms with Gasteiger partial charge in [-0.05, 0) is 30.0 Å². The number of benzene rings is 1. The van der Waals surface area contributed by atoms with Gasteiger partial charge in [0.05, 0.1) is 6.61 Å². The first-order valence-electron chi connectivity index (χ1n) is 6.23. The Hall–Kier alpha value is -2.43. The Morgan fingerprint density at radius 1 is 1.45 bits per heavy atom. The highest BCUT2D eigenvalue weighted by molar-refractivity contribution is 5.93. The van der Waals surface area contributed by atoms with Crippen LogP contribution in [0.1, 0.15) is 29.4 Å². The van der Waals surface area contributed by atoms with E-state index in [0.29, 0.717) is 11.8 Å². The van der Waals surface area contributed by atoms with Crippen LogP contribution in [0.4, 0.5) is 4.39 Å². The van der Waals surface area contributed by atoms with Crippen molar-refractivity contribution in [1.82, 2.24) is 4.98 Å². The molecule has 0 amide bonds. The van der Waals surface area contributed by atoms with E-state index < -0.39 is 17.3 Å². The fourth-order valence-corrected chi connectivity index (χ4v) is 1.84. The summed E-state index contributed by atoms with van der Waals surface area (Å²) in [5.74, 6) is -1.13. The molecule has 1 aromatic heterocycles. The maximum Gasteiger partial charge on any atom is 0.354 e. The van der Waals surface area contributed by atoms with Crippen LogP contribution in [0.15, 0.2) is 29.6 Å². The molecule has 0 atom stereocenters. The number of hydrogen-bond acceptors (Lipinski definition) is 3. The predicted molar refractivity (Wildman–Crippen MR) is 75.2 cm³/mol. The molecule has 0 spiro atoms. The van der Waals surface area contributed by atoms with Gasteiger partial charge in [-0.25, -0.2) is 9.18 Å². The van der Waals surface area contributed by atoms with Crippen molar-refractivity contribution in [3.05, 3.63) is 52.2 Å². The first-order chi connectivity index (χ1) is 9.56. The molecule has 1 heterocycles. The Kier molecular flexibility index (Phi) is 3.98. The van der Waals surface area contributed by atoms with Crippen LogP contribution in [-0.4, -0.2) is 17.6 Å². The lowest BCUT2D eigenvalue weighted by Crippen LogP contribution is -2.16.